The highest BCUT2D eigenvalue weighted by molar-refractivity contribution is 5.14. The number of hydrogen-bond acceptors (Lipinski definition) is 3. The van der Waals surface area contributed by atoms with Crippen molar-refractivity contribution in [1.29, 1.82) is 0 Å². The van der Waals surface area contributed by atoms with Gasteiger partial charge in [0.15, 0.2) is 5.82 Å². The van der Waals surface area contributed by atoms with Crippen molar-refractivity contribution in [1.82, 2.24) is 20.1 Å². The Bertz CT molecular complexity index is 386. The van der Waals surface area contributed by atoms with E-state index < -0.39 is 0 Å². The van der Waals surface area contributed by atoms with Crippen molar-refractivity contribution < 1.29 is 0 Å². The van der Waals surface area contributed by atoms with Gasteiger partial charge in [-0.25, -0.2) is 0 Å². The molecule has 0 aromatic carbocycles. The fourth-order valence-electron chi connectivity index (χ4n) is 2.92. The molecule has 4 nitrogen and oxygen atoms in total. The van der Waals surface area contributed by atoms with E-state index in [9.17, 15) is 0 Å². The molecule has 2 aliphatic rings. The maximum atomic E-state index is 4.45. The van der Waals surface area contributed by atoms with Crippen LogP contribution < -0.4 is 5.32 Å². The molecule has 1 unspecified atom stereocenters. The van der Waals surface area contributed by atoms with Crippen LogP contribution >= 0.6 is 0 Å². The van der Waals surface area contributed by atoms with E-state index in [1.807, 2.05) is 0 Å². The molecular formula is C12H20N4. The van der Waals surface area contributed by atoms with E-state index in [1.165, 1.54) is 31.5 Å². The zero-order chi connectivity index (χ0) is 11.2. The van der Waals surface area contributed by atoms with Gasteiger partial charge < -0.3 is 9.88 Å². The van der Waals surface area contributed by atoms with E-state index >= 15 is 0 Å². The van der Waals surface area contributed by atoms with Crippen LogP contribution in [0.25, 0.3) is 0 Å². The molecule has 1 aliphatic carbocycles. The Morgan fingerprint density at radius 1 is 1.44 bits per heavy atom. The third kappa shape index (κ3) is 1.39. The van der Waals surface area contributed by atoms with E-state index in [-0.39, 0.29) is 5.54 Å². The minimum Gasteiger partial charge on any atom is -0.311 e. The van der Waals surface area contributed by atoms with Crippen LogP contribution in [0.5, 0.6) is 0 Å². The predicted octanol–water partition coefficient (Wildman–Crippen LogP) is 1.91. The Balaban J connectivity index is 2.04. The molecule has 3 rings (SSSR count). The van der Waals surface area contributed by atoms with Crippen LogP contribution in [0.4, 0.5) is 0 Å². The SMILES string of the molecule is CCC1(c2nnc(C)n2C2CC2)CCCN1. The normalized spacial score (nSPS) is 29.9. The summed E-state index contributed by atoms with van der Waals surface area (Å²) in [5, 5.41) is 12.4. The molecular weight excluding hydrogens is 200 g/mol. The molecule has 16 heavy (non-hydrogen) atoms. The second-order valence-corrected chi connectivity index (χ2v) is 5.14. The highest BCUT2D eigenvalue weighted by Crippen LogP contribution is 2.41. The first-order valence-corrected chi connectivity index (χ1v) is 6.44. The van der Waals surface area contributed by atoms with E-state index in [0.29, 0.717) is 6.04 Å². The third-order valence-electron chi connectivity index (χ3n) is 4.05. The summed E-state index contributed by atoms with van der Waals surface area (Å²) in [6.45, 7) is 5.44. The zero-order valence-corrected chi connectivity index (χ0v) is 10.2. The average Bonchev–Trinajstić information content (AvgIpc) is 2.88. The predicted molar refractivity (Wildman–Crippen MR) is 62.2 cm³/mol. The van der Waals surface area contributed by atoms with Gasteiger partial charge in [0.05, 0.1) is 5.54 Å². The molecule has 1 aromatic rings. The van der Waals surface area contributed by atoms with Crippen LogP contribution in [-0.4, -0.2) is 21.3 Å². The Morgan fingerprint density at radius 3 is 2.81 bits per heavy atom. The van der Waals surface area contributed by atoms with Crippen LogP contribution in [0.15, 0.2) is 0 Å². The van der Waals surface area contributed by atoms with Crippen molar-refractivity contribution in [2.24, 2.45) is 0 Å². The first-order valence-electron chi connectivity index (χ1n) is 6.44. The van der Waals surface area contributed by atoms with Crippen LogP contribution in [-0.2, 0) is 5.54 Å². The molecule has 1 saturated heterocycles. The molecule has 1 saturated carbocycles. The molecule has 2 fully saturated rings. The Morgan fingerprint density at radius 2 is 2.25 bits per heavy atom. The number of aryl methyl sites for hydroxylation is 1. The average molecular weight is 220 g/mol. The minimum atomic E-state index is 0.101. The molecule has 1 N–H and O–H groups in total. The van der Waals surface area contributed by atoms with Crippen LogP contribution in [0.1, 0.15) is 56.7 Å². The van der Waals surface area contributed by atoms with Crippen molar-refractivity contribution in [2.45, 2.75) is 57.5 Å². The Labute approximate surface area is 96.4 Å². The van der Waals surface area contributed by atoms with E-state index in [2.05, 4.69) is 33.9 Å². The molecule has 1 atom stereocenters. The quantitative estimate of drug-likeness (QED) is 0.846. The summed E-state index contributed by atoms with van der Waals surface area (Å²) < 4.78 is 2.38. The topological polar surface area (TPSA) is 42.7 Å². The van der Waals surface area contributed by atoms with Crippen LogP contribution in [0.3, 0.4) is 0 Å². The summed E-state index contributed by atoms with van der Waals surface area (Å²) in [6.07, 6.45) is 6.16. The first kappa shape index (κ1) is 10.3. The number of nitrogens with one attached hydrogen (secondary N) is 1. The maximum absolute atomic E-state index is 4.45. The summed E-state index contributed by atoms with van der Waals surface area (Å²) in [5.74, 6) is 2.27. The molecule has 0 bridgehead atoms. The number of nitrogens with zero attached hydrogens (tertiary/aromatic N) is 3. The lowest BCUT2D eigenvalue weighted by atomic mass is 9.93. The third-order valence-corrected chi connectivity index (χ3v) is 4.05. The number of hydrogen-bond donors (Lipinski definition) is 1. The molecule has 0 spiro atoms. The molecule has 2 heterocycles. The maximum Gasteiger partial charge on any atom is 0.153 e. The van der Waals surface area contributed by atoms with Gasteiger partial charge in [-0.3, -0.25) is 0 Å². The van der Waals surface area contributed by atoms with Gasteiger partial charge in [-0.05, 0) is 45.6 Å². The van der Waals surface area contributed by atoms with Gasteiger partial charge in [-0.2, -0.15) is 0 Å². The summed E-state index contributed by atoms with van der Waals surface area (Å²) in [4.78, 5) is 0. The smallest absolute Gasteiger partial charge is 0.153 e. The summed E-state index contributed by atoms with van der Waals surface area (Å²) in [5.41, 5.74) is 0.101. The standard InChI is InChI=1S/C12H20N4/c1-3-12(7-4-8-13-12)11-15-14-9(2)16(11)10-5-6-10/h10,13H,3-8H2,1-2H3. The van der Waals surface area contributed by atoms with Crippen molar-refractivity contribution in [3.05, 3.63) is 11.6 Å². The Hall–Kier alpha value is -0.900. The zero-order valence-electron chi connectivity index (χ0n) is 10.2. The summed E-state index contributed by atoms with van der Waals surface area (Å²) in [6, 6.07) is 0.677. The molecule has 0 amide bonds. The van der Waals surface area contributed by atoms with Gasteiger partial charge >= 0.3 is 0 Å². The van der Waals surface area contributed by atoms with Crippen molar-refractivity contribution in [3.63, 3.8) is 0 Å². The molecule has 1 aliphatic heterocycles. The van der Waals surface area contributed by atoms with Gasteiger partial charge in [-0.1, -0.05) is 6.92 Å². The molecule has 88 valence electrons. The van der Waals surface area contributed by atoms with E-state index in [1.54, 1.807) is 0 Å². The highest BCUT2D eigenvalue weighted by atomic mass is 15.3. The van der Waals surface area contributed by atoms with Gasteiger partial charge in [0.2, 0.25) is 0 Å². The second-order valence-electron chi connectivity index (χ2n) is 5.14. The number of rotatable bonds is 3. The summed E-state index contributed by atoms with van der Waals surface area (Å²) >= 11 is 0. The van der Waals surface area contributed by atoms with E-state index in [0.717, 1.165) is 18.8 Å². The lowest BCUT2D eigenvalue weighted by Crippen LogP contribution is -2.39. The molecule has 1 aromatic heterocycles. The monoisotopic (exact) mass is 220 g/mol. The second kappa shape index (κ2) is 3.55. The van der Waals surface area contributed by atoms with Crippen molar-refractivity contribution in [2.75, 3.05) is 6.54 Å². The fraction of sp³-hybridized carbons (Fsp3) is 0.833. The largest absolute Gasteiger partial charge is 0.311 e. The summed E-state index contributed by atoms with van der Waals surface area (Å²) in [7, 11) is 0. The van der Waals surface area contributed by atoms with Gasteiger partial charge in [0.1, 0.15) is 5.82 Å². The van der Waals surface area contributed by atoms with Crippen molar-refractivity contribution in [3.8, 4) is 0 Å². The van der Waals surface area contributed by atoms with Gasteiger partial charge in [0.25, 0.3) is 0 Å². The molecule has 4 heteroatoms. The van der Waals surface area contributed by atoms with Gasteiger partial charge in [-0.15, -0.1) is 10.2 Å². The highest BCUT2D eigenvalue weighted by Gasteiger charge is 2.41. The van der Waals surface area contributed by atoms with Gasteiger partial charge in [0, 0.05) is 6.04 Å². The number of aromatic nitrogens is 3. The van der Waals surface area contributed by atoms with Crippen LogP contribution in [0.2, 0.25) is 0 Å². The lowest BCUT2D eigenvalue weighted by molar-refractivity contribution is 0.335. The Kier molecular flexibility index (Phi) is 2.28. The minimum absolute atomic E-state index is 0.101. The van der Waals surface area contributed by atoms with Crippen LogP contribution in [0, 0.1) is 6.92 Å². The molecule has 0 radical (unpaired) electrons. The first-order chi connectivity index (χ1) is 7.77. The van der Waals surface area contributed by atoms with Crippen molar-refractivity contribution >= 4 is 0 Å². The lowest BCUT2D eigenvalue weighted by Gasteiger charge is -2.27. The fourth-order valence-corrected chi connectivity index (χ4v) is 2.92. The van der Waals surface area contributed by atoms with E-state index in [4.69, 9.17) is 0 Å².